The van der Waals surface area contributed by atoms with Crippen molar-refractivity contribution in [3.63, 3.8) is 0 Å². The summed E-state index contributed by atoms with van der Waals surface area (Å²) in [4.78, 5) is 13.8. The third-order valence-corrected chi connectivity index (χ3v) is 2.55. The summed E-state index contributed by atoms with van der Waals surface area (Å²) in [6, 6.07) is 1.61. The van der Waals surface area contributed by atoms with E-state index in [9.17, 15) is 9.90 Å². The Bertz CT molecular complexity index is 424. The number of hydrogen-bond acceptors (Lipinski definition) is 4. The van der Waals surface area contributed by atoms with Crippen LogP contribution in [0.3, 0.4) is 0 Å². The topological polar surface area (TPSA) is 83.5 Å². The number of likely N-dealkylation sites (N-methyl/N-ethyl adjacent to an activating group) is 1. The second-order valence-electron chi connectivity index (χ2n) is 5.19. The maximum atomic E-state index is 11.9. The minimum absolute atomic E-state index is 0.190. The van der Waals surface area contributed by atoms with Crippen LogP contribution in [0.1, 0.15) is 17.4 Å². The van der Waals surface area contributed by atoms with E-state index in [0.29, 0.717) is 17.9 Å². The Morgan fingerprint density at radius 2 is 2.22 bits per heavy atom. The molecule has 0 aliphatic rings. The summed E-state index contributed by atoms with van der Waals surface area (Å²) in [6.45, 7) is 2.35. The minimum atomic E-state index is -0.962. The Morgan fingerprint density at radius 1 is 1.61 bits per heavy atom. The van der Waals surface area contributed by atoms with E-state index in [1.807, 2.05) is 19.0 Å². The maximum Gasteiger partial charge on any atom is 0.268 e. The predicted octanol–water partition coefficient (Wildman–Crippen LogP) is -0.350. The molecule has 18 heavy (non-hydrogen) atoms. The highest BCUT2D eigenvalue weighted by atomic mass is 16.3. The van der Waals surface area contributed by atoms with Gasteiger partial charge in [0, 0.05) is 26.3 Å². The van der Waals surface area contributed by atoms with Gasteiger partial charge in [-0.1, -0.05) is 0 Å². The van der Waals surface area contributed by atoms with Crippen molar-refractivity contribution in [3.8, 4) is 0 Å². The highest BCUT2D eigenvalue weighted by Gasteiger charge is 2.23. The zero-order chi connectivity index (χ0) is 13.9. The molecule has 0 aliphatic heterocycles. The maximum absolute atomic E-state index is 11.9. The highest BCUT2D eigenvalue weighted by Crippen LogP contribution is 2.09. The van der Waals surface area contributed by atoms with Crippen LogP contribution in [0.4, 0.5) is 5.69 Å². The van der Waals surface area contributed by atoms with E-state index in [4.69, 9.17) is 5.73 Å². The molecule has 0 saturated heterocycles. The number of carbonyl (C=O) groups is 1. The monoisotopic (exact) mass is 254 g/mol. The lowest BCUT2D eigenvalue weighted by molar-refractivity contribution is 0.0324. The van der Waals surface area contributed by atoms with Crippen LogP contribution in [-0.4, -0.2) is 53.3 Å². The van der Waals surface area contributed by atoms with Gasteiger partial charge in [0.1, 0.15) is 5.69 Å². The Hall–Kier alpha value is -1.53. The van der Waals surface area contributed by atoms with Gasteiger partial charge >= 0.3 is 0 Å². The summed E-state index contributed by atoms with van der Waals surface area (Å²) in [6.07, 6.45) is 1.67. The summed E-state index contributed by atoms with van der Waals surface area (Å²) < 4.78 is 1.66. The Kier molecular flexibility index (Phi) is 4.37. The van der Waals surface area contributed by atoms with Crippen LogP contribution in [0.5, 0.6) is 0 Å². The number of nitrogen functional groups attached to an aromatic ring is 1. The minimum Gasteiger partial charge on any atom is -0.397 e. The average molecular weight is 254 g/mol. The number of aromatic nitrogens is 1. The Morgan fingerprint density at radius 3 is 2.67 bits per heavy atom. The third-order valence-electron chi connectivity index (χ3n) is 2.55. The van der Waals surface area contributed by atoms with Crippen molar-refractivity contribution in [2.45, 2.75) is 12.5 Å². The largest absolute Gasteiger partial charge is 0.397 e. The van der Waals surface area contributed by atoms with Crippen molar-refractivity contribution >= 4 is 11.6 Å². The Balaban J connectivity index is 2.59. The van der Waals surface area contributed by atoms with Crippen LogP contribution in [0.25, 0.3) is 0 Å². The summed E-state index contributed by atoms with van der Waals surface area (Å²) in [5.41, 5.74) is 5.67. The smallest absolute Gasteiger partial charge is 0.268 e. The number of anilines is 1. The molecule has 0 saturated carbocycles. The summed E-state index contributed by atoms with van der Waals surface area (Å²) in [5.74, 6) is -0.242. The number of hydrogen-bond donors (Lipinski definition) is 3. The van der Waals surface area contributed by atoms with Gasteiger partial charge in [0.2, 0.25) is 0 Å². The first-order valence-electron chi connectivity index (χ1n) is 5.78. The lowest BCUT2D eigenvalue weighted by Crippen LogP contribution is -2.47. The molecular formula is C12H22N4O2. The molecule has 1 atom stereocenters. The van der Waals surface area contributed by atoms with E-state index in [2.05, 4.69) is 5.32 Å². The molecule has 4 N–H and O–H groups in total. The molecule has 1 heterocycles. The molecular weight excluding hydrogens is 232 g/mol. The number of aryl methyl sites for hydroxylation is 1. The molecule has 0 aromatic carbocycles. The van der Waals surface area contributed by atoms with Gasteiger partial charge in [-0.15, -0.1) is 0 Å². The van der Waals surface area contributed by atoms with Gasteiger partial charge in [-0.2, -0.15) is 0 Å². The number of rotatable bonds is 5. The van der Waals surface area contributed by atoms with E-state index in [1.165, 1.54) is 0 Å². The fraction of sp³-hybridized carbons (Fsp3) is 0.583. The van der Waals surface area contributed by atoms with Crippen molar-refractivity contribution in [1.29, 1.82) is 0 Å². The lowest BCUT2D eigenvalue weighted by atomic mass is 10.1. The highest BCUT2D eigenvalue weighted by molar-refractivity contribution is 5.93. The first-order valence-corrected chi connectivity index (χ1v) is 5.78. The molecule has 0 bridgehead atoms. The van der Waals surface area contributed by atoms with Gasteiger partial charge in [0.15, 0.2) is 0 Å². The summed E-state index contributed by atoms with van der Waals surface area (Å²) >= 11 is 0. The number of nitrogens with zero attached hydrogens (tertiary/aromatic N) is 2. The van der Waals surface area contributed by atoms with Crippen molar-refractivity contribution in [2.75, 3.05) is 32.9 Å². The van der Waals surface area contributed by atoms with Crippen LogP contribution < -0.4 is 11.1 Å². The van der Waals surface area contributed by atoms with Crippen LogP contribution >= 0.6 is 0 Å². The summed E-state index contributed by atoms with van der Waals surface area (Å²) in [5, 5.41) is 12.8. The fourth-order valence-corrected chi connectivity index (χ4v) is 1.91. The van der Waals surface area contributed by atoms with Gasteiger partial charge in [-0.05, 0) is 27.1 Å². The molecule has 0 spiro atoms. The van der Waals surface area contributed by atoms with Crippen LogP contribution in [0.15, 0.2) is 12.3 Å². The second kappa shape index (κ2) is 5.41. The molecule has 1 unspecified atom stereocenters. The predicted molar refractivity (Wildman–Crippen MR) is 71.3 cm³/mol. The quantitative estimate of drug-likeness (QED) is 0.670. The van der Waals surface area contributed by atoms with Gasteiger partial charge in [0.05, 0.1) is 11.3 Å². The van der Waals surface area contributed by atoms with E-state index in [-0.39, 0.29) is 12.5 Å². The van der Waals surface area contributed by atoms with Crippen molar-refractivity contribution < 1.29 is 9.90 Å². The van der Waals surface area contributed by atoms with Gasteiger partial charge < -0.3 is 25.6 Å². The van der Waals surface area contributed by atoms with Gasteiger partial charge in [-0.3, -0.25) is 4.79 Å². The van der Waals surface area contributed by atoms with Crippen LogP contribution in [0.2, 0.25) is 0 Å². The van der Waals surface area contributed by atoms with E-state index in [1.54, 1.807) is 30.8 Å². The molecule has 102 valence electrons. The van der Waals surface area contributed by atoms with E-state index < -0.39 is 5.60 Å². The van der Waals surface area contributed by atoms with E-state index >= 15 is 0 Å². The van der Waals surface area contributed by atoms with Gasteiger partial charge in [-0.25, -0.2) is 0 Å². The summed E-state index contributed by atoms with van der Waals surface area (Å²) in [7, 11) is 5.49. The molecule has 0 fully saturated rings. The SMILES string of the molecule is CN(C)CC(C)(O)CNC(=O)c1cc(N)cn1C. The first-order chi connectivity index (χ1) is 8.21. The van der Waals surface area contributed by atoms with Gasteiger partial charge in [0.25, 0.3) is 5.91 Å². The third kappa shape index (κ3) is 4.05. The zero-order valence-corrected chi connectivity index (χ0v) is 11.4. The number of amides is 1. The molecule has 1 rings (SSSR count). The number of nitrogens with two attached hydrogens (primary N) is 1. The normalized spacial score (nSPS) is 14.6. The second-order valence-corrected chi connectivity index (χ2v) is 5.19. The molecule has 6 nitrogen and oxygen atoms in total. The zero-order valence-electron chi connectivity index (χ0n) is 11.4. The molecule has 1 aromatic rings. The molecule has 0 aliphatic carbocycles. The fourth-order valence-electron chi connectivity index (χ4n) is 1.91. The average Bonchev–Trinajstić information content (AvgIpc) is 2.52. The van der Waals surface area contributed by atoms with Crippen molar-refractivity contribution in [3.05, 3.63) is 18.0 Å². The molecule has 6 heteroatoms. The molecule has 1 aromatic heterocycles. The lowest BCUT2D eigenvalue weighted by Gasteiger charge is -2.27. The number of nitrogens with one attached hydrogen (secondary N) is 1. The van der Waals surface area contributed by atoms with Crippen LogP contribution in [-0.2, 0) is 7.05 Å². The molecule has 0 radical (unpaired) electrons. The standard InChI is InChI=1S/C12H22N4O2/c1-12(18,8-15(2)3)7-14-11(17)10-5-9(13)6-16(10)4/h5-6,18H,7-8,13H2,1-4H3,(H,14,17). The van der Waals surface area contributed by atoms with Crippen LogP contribution in [0, 0.1) is 0 Å². The van der Waals surface area contributed by atoms with Crippen molar-refractivity contribution in [2.24, 2.45) is 7.05 Å². The van der Waals surface area contributed by atoms with E-state index in [0.717, 1.165) is 0 Å². The number of aliphatic hydroxyl groups is 1. The Labute approximate surface area is 107 Å². The molecule has 1 amide bonds. The number of carbonyl (C=O) groups excluding carboxylic acids is 1. The van der Waals surface area contributed by atoms with Crippen molar-refractivity contribution in [1.82, 2.24) is 14.8 Å². The first kappa shape index (κ1) is 14.5.